The van der Waals surface area contributed by atoms with E-state index in [0.717, 1.165) is 15.5 Å². The Hall–Kier alpha value is -1.51. The molecular formula is C17H19BrN2O3S2. The van der Waals surface area contributed by atoms with Gasteiger partial charge in [-0.25, -0.2) is 8.42 Å². The average Bonchev–Trinajstić information content (AvgIpc) is 2.57. The van der Waals surface area contributed by atoms with Crippen LogP contribution in [0.4, 0.5) is 5.69 Å². The molecule has 0 aliphatic carbocycles. The molecule has 0 aliphatic heterocycles. The van der Waals surface area contributed by atoms with E-state index in [0.29, 0.717) is 22.5 Å². The Kier molecular flexibility index (Phi) is 7.34. The van der Waals surface area contributed by atoms with E-state index in [1.807, 2.05) is 30.3 Å². The summed E-state index contributed by atoms with van der Waals surface area (Å²) in [5.74, 6) is 0.374. The van der Waals surface area contributed by atoms with Gasteiger partial charge in [0.05, 0.1) is 11.9 Å². The molecule has 0 unspecified atom stereocenters. The molecule has 0 spiro atoms. The summed E-state index contributed by atoms with van der Waals surface area (Å²) in [5, 5.41) is 2.76. The van der Waals surface area contributed by atoms with E-state index >= 15 is 0 Å². The first-order chi connectivity index (χ1) is 11.9. The van der Waals surface area contributed by atoms with Crippen molar-refractivity contribution in [3.05, 3.63) is 59.1 Å². The number of sulfonamides is 1. The van der Waals surface area contributed by atoms with Crippen molar-refractivity contribution in [1.82, 2.24) is 5.32 Å². The van der Waals surface area contributed by atoms with Gasteiger partial charge in [-0.15, -0.1) is 11.8 Å². The quantitative estimate of drug-likeness (QED) is 0.503. The lowest BCUT2D eigenvalue weighted by Gasteiger charge is -2.23. The number of hydrogen-bond donors (Lipinski definition) is 1. The van der Waals surface area contributed by atoms with Crippen LogP contribution in [0.3, 0.4) is 0 Å². The van der Waals surface area contributed by atoms with Crippen molar-refractivity contribution in [3.8, 4) is 0 Å². The Morgan fingerprint density at radius 2 is 1.76 bits per heavy atom. The van der Waals surface area contributed by atoms with Crippen LogP contribution in [0.2, 0.25) is 0 Å². The number of carbonyl (C=O) groups excluding carboxylic acids is 1. The van der Waals surface area contributed by atoms with Crippen LogP contribution in [0.1, 0.15) is 0 Å². The zero-order chi connectivity index (χ0) is 18.3. The van der Waals surface area contributed by atoms with E-state index in [4.69, 9.17) is 0 Å². The molecule has 0 aromatic heterocycles. The largest absolute Gasteiger partial charge is 0.354 e. The van der Waals surface area contributed by atoms with Gasteiger partial charge in [-0.05, 0) is 40.2 Å². The summed E-state index contributed by atoms with van der Waals surface area (Å²) in [6.45, 7) is 0.212. The summed E-state index contributed by atoms with van der Waals surface area (Å²) < 4.78 is 25.8. The summed E-state index contributed by atoms with van der Waals surface area (Å²) in [5.41, 5.74) is 0.443. The van der Waals surface area contributed by atoms with Gasteiger partial charge in [0.2, 0.25) is 15.9 Å². The second kappa shape index (κ2) is 9.26. The molecule has 2 aromatic rings. The number of nitrogens with one attached hydrogen (secondary N) is 1. The molecule has 5 nitrogen and oxygen atoms in total. The number of halogens is 1. The van der Waals surface area contributed by atoms with Gasteiger partial charge >= 0.3 is 0 Å². The van der Waals surface area contributed by atoms with E-state index in [1.165, 1.54) is 0 Å². The first-order valence-corrected chi connectivity index (χ1v) is 11.2. The van der Waals surface area contributed by atoms with Gasteiger partial charge in [0.15, 0.2) is 0 Å². The van der Waals surface area contributed by atoms with Crippen molar-refractivity contribution in [3.63, 3.8) is 0 Å². The lowest BCUT2D eigenvalue weighted by molar-refractivity contribution is -0.119. The van der Waals surface area contributed by atoms with Crippen molar-refractivity contribution >= 4 is 49.3 Å². The van der Waals surface area contributed by atoms with Gasteiger partial charge in [0.25, 0.3) is 0 Å². The molecule has 25 heavy (non-hydrogen) atoms. The molecule has 2 aromatic carbocycles. The topological polar surface area (TPSA) is 66.5 Å². The fourth-order valence-corrected chi connectivity index (χ4v) is 4.37. The number of carbonyl (C=O) groups is 1. The maximum absolute atomic E-state index is 12.2. The highest BCUT2D eigenvalue weighted by Crippen LogP contribution is 2.27. The van der Waals surface area contributed by atoms with E-state index < -0.39 is 10.0 Å². The van der Waals surface area contributed by atoms with Crippen molar-refractivity contribution < 1.29 is 13.2 Å². The predicted octanol–water partition coefficient (Wildman–Crippen LogP) is 3.12. The summed E-state index contributed by atoms with van der Waals surface area (Å²) >= 11 is 4.96. The molecule has 0 saturated heterocycles. The lowest BCUT2D eigenvalue weighted by Crippen LogP contribution is -2.41. The van der Waals surface area contributed by atoms with Crippen molar-refractivity contribution in [2.24, 2.45) is 0 Å². The Balaban J connectivity index is 1.91. The summed E-state index contributed by atoms with van der Waals surface area (Å²) in [6, 6.07) is 16.8. The molecule has 0 saturated carbocycles. The number of anilines is 1. The van der Waals surface area contributed by atoms with Gasteiger partial charge < -0.3 is 5.32 Å². The highest BCUT2D eigenvalue weighted by atomic mass is 79.9. The molecule has 0 radical (unpaired) electrons. The van der Waals surface area contributed by atoms with E-state index in [-0.39, 0.29) is 12.5 Å². The number of rotatable bonds is 8. The van der Waals surface area contributed by atoms with Gasteiger partial charge in [-0.1, -0.05) is 30.3 Å². The molecule has 0 fully saturated rings. The standard InChI is InChI=1S/C17H19BrN2O3S2/c1-25(22,23)20(16-10-6-5-9-15(16)18)13-17(21)19-11-12-24-14-7-3-2-4-8-14/h2-10H,11-13H2,1H3,(H,19,21). The second-order valence-corrected chi connectivity index (χ2v) is 9.16. The van der Waals surface area contributed by atoms with Crippen molar-refractivity contribution in [2.45, 2.75) is 4.90 Å². The third kappa shape index (κ3) is 6.37. The van der Waals surface area contributed by atoms with Gasteiger partial charge in [0, 0.05) is 21.7 Å². The van der Waals surface area contributed by atoms with Crippen LogP contribution in [0, 0.1) is 0 Å². The van der Waals surface area contributed by atoms with E-state index in [1.54, 1.807) is 36.0 Å². The number of benzene rings is 2. The molecule has 0 heterocycles. The minimum Gasteiger partial charge on any atom is -0.354 e. The minimum absolute atomic E-state index is 0.253. The third-order valence-corrected chi connectivity index (χ3v) is 6.06. The number of hydrogen-bond acceptors (Lipinski definition) is 4. The molecular weight excluding hydrogens is 424 g/mol. The SMILES string of the molecule is CS(=O)(=O)N(CC(=O)NCCSc1ccccc1)c1ccccc1Br. The number of thioether (sulfide) groups is 1. The molecule has 0 aliphatic rings. The predicted molar refractivity (Wildman–Crippen MR) is 107 cm³/mol. The molecule has 0 atom stereocenters. The summed E-state index contributed by atoms with van der Waals surface area (Å²) in [4.78, 5) is 13.3. The normalized spacial score (nSPS) is 11.1. The highest BCUT2D eigenvalue weighted by molar-refractivity contribution is 9.10. The van der Waals surface area contributed by atoms with Crippen molar-refractivity contribution in [2.75, 3.05) is 29.4 Å². The summed E-state index contributed by atoms with van der Waals surface area (Å²) in [6.07, 6.45) is 1.09. The second-order valence-electron chi connectivity index (χ2n) is 5.23. The number of nitrogens with zero attached hydrogens (tertiary/aromatic N) is 1. The van der Waals surface area contributed by atoms with Crippen LogP contribution in [-0.4, -0.2) is 39.4 Å². The van der Waals surface area contributed by atoms with Crippen LogP contribution in [0.5, 0.6) is 0 Å². The van der Waals surface area contributed by atoms with Crippen LogP contribution in [0.25, 0.3) is 0 Å². The van der Waals surface area contributed by atoms with Crippen LogP contribution >= 0.6 is 27.7 Å². The monoisotopic (exact) mass is 442 g/mol. The smallest absolute Gasteiger partial charge is 0.240 e. The maximum Gasteiger partial charge on any atom is 0.240 e. The van der Waals surface area contributed by atoms with Gasteiger partial charge in [-0.3, -0.25) is 9.10 Å². The Labute approximate surface area is 161 Å². The van der Waals surface area contributed by atoms with Crippen LogP contribution < -0.4 is 9.62 Å². The molecule has 1 amide bonds. The van der Waals surface area contributed by atoms with Crippen LogP contribution in [0.15, 0.2) is 64.0 Å². The first-order valence-electron chi connectivity index (χ1n) is 7.55. The number of amides is 1. The Morgan fingerprint density at radius 3 is 2.40 bits per heavy atom. The van der Waals surface area contributed by atoms with E-state index in [9.17, 15) is 13.2 Å². The fourth-order valence-electron chi connectivity index (χ4n) is 2.10. The molecule has 134 valence electrons. The molecule has 0 bridgehead atoms. The molecule has 2 rings (SSSR count). The zero-order valence-corrected chi connectivity index (χ0v) is 16.9. The fraction of sp³-hybridized carbons (Fsp3) is 0.235. The Morgan fingerprint density at radius 1 is 1.12 bits per heavy atom. The molecule has 1 N–H and O–H groups in total. The lowest BCUT2D eigenvalue weighted by atomic mass is 10.3. The first kappa shape index (κ1) is 19.8. The van der Waals surface area contributed by atoms with Gasteiger partial charge in [0.1, 0.15) is 6.54 Å². The van der Waals surface area contributed by atoms with Crippen molar-refractivity contribution in [1.29, 1.82) is 0 Å². The van der Waals surface area contributed by atoms with Gasteiger partial charge in [-0.2, -0.15) is 0 Å². The number of para-hydroxylation sites is 1. The third-order valence-electron chi connectivity index (χ3n) is 3.24. The maximum atomic E-state index is 12.2. The minimum atomic E-state index is -3.57. The highest BCUT2D eigenvalue weighted by Gasteiger charge is 2.22. The summed E-state index contributed by atoms with van der Waals surface area (Å²) in [7, 11) is -3.57. The zero-order valence-electron chi connectivity index (χ0n) is 13.7. The average molecular weight is 443 g/mol. The molecule has 8 heteroatoms. The van der Waals surface area contributed by atoms with E-state index in [2.05, 4.69) is 21.2 Å². The Bertz CT molecular complexity index is 814. The van der Waals surface area contributed by atoms with Crippen LogP contribution in [-0.2, 0) is 14.8 Å².